The van der Waals surface area contributed by atoms with Gasteiger partial charge in [0, 0.05) is 11.9 Å². The van der Waals surface area contributed by atoms with Gasteiger partial charge in [0.05, 0.1) is 24.4 Å². The van der Waals surface area contributed by atoms with Crippen molar-refractivity contribution in [2.45, 2.75) is 13.5 Å². The molecule has 0 spiro atoms. The Morgan fingerprint density at radius 3 is 3.23 bits per heavy atom. The van der Waals surface area contributed by atoms with Gasteiger partial charge in [-0.2, -0.15) is 0 Å². The van der Waals surface area contributed by atoms with Crippen LogP contribution in [-0.2, 0) is 16.1 Å². The van der Waals surface area contributed by atoms with E-state index in [2.05, 4.69) is 10.3 Å². The Balaban J connectivity index is 2.11. The standard InChI is InChI=1S/C8H12N2O2S/c1-2-12-8(11)4-9-3-7-5-13-6-10-7/h5-6,9H,2-4H2,1H3. The number of nitrogens with zero attached hydrogens (tertiary/aromatic N) is 1. The third-order valence-electron chi connectivity index (χ3n) is 1.36. The quantitative estimate of drug-likeness (QED) is 0.714. The molecule has 0 aliphatic carbocycles. The predicted octanol–water partition coefficient (Wildman–Crippen LogP) is 0.796. The molecule has 72 valence electrons. The molecular weight excluding hydrogens is 188 g/mol. The average Bonchev–Trinajstić information content (AvgIpc) is 2.57. The van der Waals surface area contributed by atoms with E-state index in [0.717, 1.165) is 5.69 Å². The van der Waals surface area contributed by atoms with Crippen LogP contribution in [0.3, 0.4) is 0 Å². The first-order chi connectivity index (χ1) is 6.33. The van der Waals surface area contributed by atoms with Gasteiger partial charge in [0.25, 0.3) is 0 Å². The lowest BCUT2D eigenvalue weighted by Crippen LogP contribution is -2.24. The Hall–Kier alpha value is -0.940. The van der Waals surface area contributed by atoms with Crippen molar-refractivity contribution < 1.29 is 9.53 Å². The molecule has 0 saturated heterocycles. The van der Waals surface area contributed by atoms with Gasteiger partial charge >= 0.3 is 5.97 Å². The number of nitrogens with one attached hydrogen (secondary N) is 1. The summed E-state index contributed by atoms with van der Waals surface area (Å²) >= 11 is 1.54. The summed E-state index contributed by atoms with van der Waals surface area (Å²) in [6, 6.07) is 0. The minimum Gasteiger partial charge on any atom is -0.465 e. The fraction of sp³-hybridized carbons (Fsp3) is 0.500. The molecule has 0 aliphatic rings. The fourth-order valence-corrected chi connectivity index (χ4v) is 1.39. The van der Waals surface area contributed by atoms with Crippen molar-refractivity contribution in [2.75, 3.05) is 13.2 Å². The first-order valence-electron chi connectivity index (χ1n) is 4.06. The molecule has 1 aromatic heterocycles. The number of rotatable bonds is 5. The fourth-order valence-electron chi connectivity index (χ4n) is 0.829. The topological polar surface area (TPSA) is 51.2 Å². The van der Waals surface area contributed by atoms with Crippen molar-refractivity contribution in [2.24, 2.45) is 0 Å². The Morgan fingerprint density at radius 2 is 2.62 bits per heavy atom. The summed E-state index contributed by atoms with van der Waals surface area (Å²) in [5.41, 5.74) is 2.72. The number of carbonyl (C=O) groups excluding carboxylic acids is 1. The second kappa shape index (κ2) is 5.66. The van der Waals surface area contributed by atoms with Gasteiger partial charge in [-0.15, -0.1) is 11.3 Å². The van der Waals surface area contributed by atoms with Crippen LogP contribution in [0.5, 0.6) is 0 Å². The smallest absolute Gasteiger partial charge is 0.319 e. The summed E-state index contributed by atoms with van der Waals surface area (Å²) in [6.07, 6.45) is 0. The Kier molecular flexibility index (Phi) is 4.42. The molecule has 0 radical (unpaired) electrons. The summed E-state index contributed by atoms with van der Waals surface area (Å²) in [6.45, 7) is 3.07. The molecule has 1 heterocycles. The lowest BCUT2D eigenvalue weighted by atomic mass is 10.5. The molecule has 0 unspecified atom stereocenters. The normalized spacial score (nSPS) is 9.92. The van der Waals surface area contributed by atoms with E-state index in [1.54, 1.807) is 23.8 Å². The minimum absolute atomic E-state index is 0.224. The first-order valence-corrected chi connectivity index (χ1v) is 5.00. The van der Waals surface area contributed by atoms with Crippen LogP contribution in [0.2, 0.25) is 0 Å². The molecule has 1 rings (SSSR count). The molecule has 0 amide bonds. The highest BCUT2D eigenvalue weighted by Crippen LogP contribution is 1.99. The molecule has 5 heteroatoms. The summed E-state index contributed by atoms with van der Waals surface area (Å²) in [7, 11) is 0. The van der Waals surface area contributed by atoms with E-state index in [4.69, 9.17) is 4.74 Å². The number of ether oxygens (including phenoxy) is 1. The molecule has 13 heavy (non-hydrogen) atoms. The van der Waals surface area contributed by atoms with Crippen molar-refractivity contribution in [3.05, 3.63) is 16.6 Å². The highest BCUT2D eigenvalue weighted by atomic mass is 32.1. The van der Waals surface area contributed by atoms with Crippen molar-refractivity contribution in [1.82, 2.24) is 10.3 Å². The van der Waals surface area contributed by atoms with Crippen LogP contribution in [0.15, 0.2) is 10.9 Å². The lowest BCUT2D eigenvalue weighted by molar-refractivity contribution is -0.142. The highest BCUT2D eigenvalue weighted by molar-refractivity contribution is 7.07. The number of carbonyl (C=O) groups is 1. The molecule has 0 aliphatic heterocycles. The summed E-state index contributed by atoms with van der Waals surface area (Å²) in [5, 5.41) is 4.88. The van der Waals surface area contributed by atoms with E-state index in [-0.39, 0.29) is 12.5 Å². The molecule has 0 aromatic carbocycles. The van der Waals surface area contributed by atoms with E-state index in [9.17, 15) is 4.79 Å². The van der Waals surface area contributed by atoms with Gasteiger partial charge in [0.1, 0.15) is 0 Å². The maximum absolute atomic E-state index is 10.9. The second-order valence-corrected chi connectivity index (χ2v) is 3.11. The van der Waals surface area contributed by atoms with E-state index in [1.165, 1.54) is 0 Å². The van der Waals surface area contributed by atoms with Crippen LogP contribution in [0.4, 0.5) is 0 Å². The van der Waals surface area contributed by atoms with Crippen molar-refractivity contribution in [3.63, 3.8) is 0 Å². The lowest BCUT2D eigenvalue weighted by Gasteiger charge is -2.01. The van der Waals surface area contributed by atoms with E-state index in [1.807, 2.05) is 5.38 Å². The Bertz CT molecular complexity index is 249. The Labute approximate surface area is 80.9 Å². The van der Waals surface area contributed by atoms with Gasteiger partial charge in [-0.3, -0.25) is 4.79 Å². The molecule has 4 nitrogen and oxygen atoms in total. The van der Waals surface area contributed by atoms with Crippen LogP contribution in [0.25, 0.3) is 0 Å². The molecule has 0 fully saturated rings. The minimum atomic E-state index is -0.224. The second-order valence-electron chi connectivity index (χ2n) is 2.39. The van der Waals surface area contributed by atoms with Gasteiger partial charge in [0.2, 0.25) is 0 Å². The number of aromatic nitrogens is 1. The van der Waals surface area contributed by atoms with Crippen LogP contribution in [0, 0.1) is 0 Å². The summed E-state index contributed by atoms with van der Waals surface area (Å²) in [5.74, 6) is -0.224. The Morgan fingerprint density at radius 1 is 1.77 bits per heavy atom. The van der Waals surface area contributed by atoms with Crippen LogP contribution < -0.4 is 5.32 Å². The number of esters is 1. The van der Waals surface area contributed by atoms with Crippen LogP contribution in [-0.4, -0.2) is 24.1 Å². The van der Waals surface area contributed by atoms with Crippen molar-refractivity contribution >= 4 is 17.3 Å². The van der Waals surface area contributed by atoms with E-state index >= 15 is 0 Å². The molecule has 0 atom stereocenters. The molecular formula is C8H12N2O2S. The summed E-state index contributed by atoms with van der Waals surface area (Å²) < 4.78 is 4.74. The van der Waals surface area contributed by atoms with Crippen LogP contribution >= 0.6 is 11.3 Å². The van der Waals surface area contributed by atoms with Gasteiger partial charge in [-0.1, -0.05) is 0 Å². The van der Waals surface area contributed by atoms with Crippen LogP contribution in [0.1, 0.15) is 12.6 Å². The summed E-state index contributed by atoms with van der Waals surface area (Å²) in [4.78, 5) is 14.9. The van der Waals surface area contributed by atoms with Crippen molar-refractivity contribution in [3.8, 4) is 0 Å². The third kappa shape index (κ3) is 4.00. The zero-order valence-electron chi connectivity index (χ0n) is 7.45. The zero-order valence-corrected chi connectivity index (χ0v) is 8.26. The van der Waals surface area contributed by atoms with Gasteiger partial charge < -0.3 is 10.1 Å². The molecule has 0 saturated carbocycles. The molecule has 1 N–H and O–H groups in total. The molecule has 0 bridgehead atoms. The number of hydrogen-bond acceptors (Lipinski definition) is 5. The predicted molar refractivity (Wildman–Crippen MR) is 50.5 cm³/mol. The monoisotopic (exact) mass is 200 g/mol. The van der Waals surface area contributed by atoms with E-state index < -0.39 is 0 Å². The largest absolute Gasteiger partial charge is 0.465 e. The number of thiazole rings is 1. The van der Waals surface area contributed by atoms with Crippen molar-refractivity contribution in [1.29, 1.82) is 0 Å². The zero-order chi connectivity index (χ0) is 9.52. The maximum Gasteiger partial charge on any atom is 0.319 e. The first kappa shape index (κ1) is 10.1. The van der Waals surface area contributed by atoms with Gasteiger partial charge in [0.15, 0.2) is 0 Å². The molecule has 1 aromatic rings. The average molecular weight is 200 g/mol. The van der Waals surface area contributed by atoms with Gasteiger partial charge in [-0.05, 0) is 6.92 Å². The SMILES string of the molecule is CCOC(=O)CNCc1cscn1. The highest BCUT2D eigenvalue weighted by Gasteiger charge is 2.00. The third-order valence-corrected chi connectivity index (χ3v) is 2.00. The maximum atomic E-state index is 10.9. The van der Waals surface area contributed by atoms with E-state index in [0.29, 0.717) is 13.2 Å². The number of hydrogen-bond donors (Lipinski definition) is 1. The van der Waals surface area contributed by atoms with Gasteiger partial charge in [-0.25, -0.2) is 4.98 Å².